The number of para-hydroxylation sites is 2. The molecule has 0 atom stereocenters. The molecular weight excluding hydrogens is 586 g/mol. The molecule has 0 aliphatic carbocycles. The van der Waals surface area contributed by atoms with Crippen molar-refractivity contribution in [3.05, 3.63) is 118 Å². The van der Waals surface area contributed by atoms with Gasteiger partial charge in [0.25, 0.3) is 11.8 Å². The van der Waals surface area contributed by atoms with E-state index in [0.717, 1.165) is 17.0 Å². The Morgan fingerprint density at radius 3 is 2.33 bits per heavy atom. The number of anilines is 1. The fraction of sp³-hybridized carbons (Fsp3) is 0.121. The molecule has 8 nitrogen and oxygen atoms in total. The number of carbonyl (C=O) groups is 2. The molecule has 1 saturated heterocycles. The Morgan fingerprint density at radius 2 is 1.65 bits per heavy atom. The van der Waals surface area contributed by atoms with Crippen LogP contribution < -0.4 is 19.5 Å². The van der Waals surface area contributed by atoms with Crippen LogP contribution in [0.2, 0.25) is 5.02 Å². The van der Waals surface area contributed by atoms with Gasteiger partial charge in [0.15, 0.2) is 23.3 Å². The van der Waals surface area contributed by atoms with E-state index in [-0.39, 0.29) is 29.2 Å². The van der Waals surface area contributed by atoms with Crippen molar-refractivity contribution in [1.29, 1.82) is 0 Å². The molecule has 1 heterocycles. The molecule has 1 aliphatic rings. The van der Waals surface area contributed by atoms with Gasteiger partial charge in [-0.05, 0) is 77.5 Å². The highest BCUT2D eigenvalue weighted by atomic mass is 35.5. The molecule has 5 rings (SSSR count). The van der Waals surface area contributed by atoms with Crippen LogP contribution in [0.1, 0.15) is 11.1 Å². The number of benzene rings is 4. The van der Waals surface area contributed by atoms with Crippen LogP contribution in [-0.2, 0) is 16.1 Å². The van der Waals surface area contributed by atoms with Gasteiger partial charge in [-0.15, -0.1) is 0 Å². The first-order valence-electron chi connectivity index (χ1n) is 13.3. The smallest absolute Gasteiger partial charge is 0.267 e. The number of carbonyl (C=O) groups excluding carboxylic acids is 2. The summed E-state index contributed by atoms with van der Waals surface area (Å²) in [5.74, 6) is 0.761. The van der Waals surface area contributed by atoms with Crippen LogP contribution >= 0.6 is 23.4 Å². The van der Waals surface area contributed by atoms with Gasteiger partial charge < -0.3 is 19.5 Å². The predicted octanol–water partition coefficient (Wildman–Crippen LogP) is 7.18. The van der Waals surface area contributed by atoms with Crippen molar-refractivity contribution in [2.24, 2.45) is 4.99 Å². The number of hydrogen-bond donors (Lipinski definition) is 1. The number of aliphatic imine (C=N–C) groups is 1. The van der Waals surface area contributed by atoms with Gasteiger partial charge in [0, 0.05) is 5.69 Å². The van der Waals surface area contributed by atoms with Crippen molar-refractivity contribution >= 4 is 57.8 Å². The summed E-state index contributed by atoms with van der Waals surface area (Å²) in [6, 6.07) is 29.5. The molecule has 2 amide bonds. The van der Waals surface area contributed by atoms with E-state index in [0.29, 0.717) is 33.6 Å². The highest BCUT2D eigenvalue weighted by molar-refractivity contribution is 8.18. The van der Waals surface area contributed by atoms with Gasteiger partial charge in [0.2, 0.25) is 0 Å². The summed E-state index contributed by atoms with van der Waals surface area (Å²) in [6.07, 6.45) is 1.74. The minimum Gasteiger partial charge on any atom is -0.497 e. The van der Waals surface area contributed by atoms with Crippen LogP contribution in [0.25, 0.3) is 6.08 Å². The largest absolute Gasteiger partial charge is 0.497 e. The lowest BCUT2D eigenvalue weighted by atomic mass is 10.1. The van der Waals surface area contributed by atoms with Crippen LogP contribution in [0.5, 0.6) is 17.2 Å². The Kier molecular flexibility index (Phi) is 9.66. The lowest BCUT2D eigenvalue weighted by molar-refractivity contribution is -0.122. The first-order valence-corrected chi connectivity index (χ1v) is 14.5. The summed E-state index contributed by atoms with van der Waals surface area (Å²) in [4.78, 5) is 32.9. The fourth-order valence-corrected chi connectivity index (χ4v) is 5.50. The van der Waals surface area contributed by atoms with Crippen molar-refractivity contribution in [3.8, 4) is 17.2 Å². The number of hydrogen-bond acceptors (Lipinski definition) is 7. The lowest BCUT2D eigenvalue weighted by Gasteiger charge is -2.16. The van der Waals surface area contributed by atoms with E-state index in [4.69, 9.17) is 30.8 Å². The van der Waals surface area contributed by atoms with Gasteiger partial charge in [-0.25, -0.2) is 4.99 Å². The summed E-state index contributed by atoms with van der Waals surface area (Å²) in [5, 5.41) is 3.56. The number of ether oxygens (including phenoxy) is 3. The molecule has 0 bridgehead atoms. The number of methoxy groups -OCH3 is 2. The van der Waals surface area contributed by atoms with Crippen molar-refractivity contribution in [1.82, 2.24) is 4.90 Å². The third-order valence-corrected chi connectivity index (χ3v) is 7.61. The van der Waals surface area contributed by atoms with Crippen molar-refractivity contribution < 1.29 is 23.8 Å². The number of nitrogens with one attached hydrogen (secondary N) is 1. The molecule has 0 spiro atoms. The van der Waals surface area contributed by atoms with Crippen molar-refractivity contribution in [2.75, 3.05) is 26.1 Å². The number of amides is 2. The molecule has 1 aliphatic heterocycles. The van der Waals surface area contributed by atoms with Gasteiger partial charge >= 0.3 is 0 Å². The Morgan fingerprint density at radius 1 is 0.953 bits per heavy atom. The van der Waals surface area contributed by atoms with Crippen LogP contribution in [0.3, 0.4) is 0 Å². The standard InChI is InChI=1S/C33H28ClN3O5S/c1-40-26-15-13-22(14-16-26)20-37-32(39)29(43-33(37)36-25-11-7-4-8-12-25)19-23-17-27(34)31(28(18-23)41-2)42-21-30(38)35-24-9-5-3-6-10-24/h3-19H,20-21H2,1-2H3,(H,35,38)/b29-19-,36-33?. The highest BCUT2D eigenvalue weighted by Gasteiger charge is 2.33. The Hall–Kier alpha value is -4.73. The Balaban J connectivity index is 1.38. The summed E-state index contributed by atoms with van der Waals surface area (Å²) in [7, 11) is 3.09. The van der Waals surface area contributed by atoms with E-state index in [1.807, 2.05) is 72.8 Å². The molecule has 4 aromatic rings. The van der Waals surface area contributed by atoms with Crippen molar-refractivity contribution in [2.45, 2.75) is 6.54 Å². The second-order valence-corrected chi connectivity index (χ2v) is 10.7. The average Bonchev–Trinajstić information content (AvgIpc) is 3.30. The van der Waals surface area contributed by atoms with Gasteiger partial charge in [0.1, 0.15) is 5.75 Å². The zero-order valence-electron chi connectivity index (χ0n) is 23.5. The molecule has 0 aromatic heterocycles. The number of rotatable bonds is 10. The van der Waals surface area contributed by atoms with Gasteiger partial charge in [-0.3, -0.25) is 14.5 Å². The first kappa shape index (κ1) is 29.8. The number of amidine groups is 1. The average molecular weight is 614 g/mol. The van der Waals surface area contributed by atoms with Gasteiger partial charge in [-0.1, -0.05) is 60.1 Å². The maximum atomic E-state index is 13.7. The van der Waals surface area contributed by atoms with Crippen LogP contribution in [-0.4, -0.2) is 42.7 Å². The summed E-state index contributed by atoms with van der Waals surface area (Å²) < 4.78 is 16.5. The number of halogens is 1. The van der Waals surface area contributed by atoms with E-state index in [1.165, 1.54) is 18.9 Å². The quantitative estimate of drug-likeness (QED) is 0.191. The second kappa shape index (κ2) is 14.0. The third kappa shape index (κ3) is 7.57. The van der Waals surface area contributed by atoms with Crippen molar-refractivity contribution in [3.63, 3.8) is 0 Å². The predicted molar refractivity (Wildman–Crippen MR) is 171 cm³/mol. The minimum atomic E-state index is -0.342. The Bertz CT molecular complexity index is 1660. The molecule has 10 heteroatoms. The lowest BCUT2D eigenvalue weighted by Crippen LogP contribution is -2.28. The normalized spacial score (nSPS) is 14.7. The molecule has 43 heavy (non-hydrogen) atoms. The summed E-state index contributed by atoms with van der Waals surface area (Å²) in [6.45, 7) is 0.0696. The van der Waals surface area contributed by atoms with E-state index >= 15 is 0 Å². The van der Waals surface area contributed by atoms with Crippen LogP contribution in [0.15, 0.2) is 107 Å². The summed E-state index contributed by atoms with van der Waals surface area (Å²) >= 11 is 7.85. The van der Waals surface area contributed by atoms with E-state index < -0.39 is 0 Å². The molecular formula is C33H28ClN3O5S. The molecule has 0 unspecified atom stereocenters. The summed E-state index contributed by atoms with van der Waals surface area (Å²) in [5.41, 5.74) is 2.95. The zero-order chi connectivity index (χ0) is 30.2. The fourth-order valence-electron chi connectivity index (χ4n) is 4.23. The third-order valence-electron chi connectivity index (χ3n) is 6.32. The zero-order valence-corrected chi connectivity index (χ0v) is 25.0. The second-order valence-electron chi connectivity index (χ2n) is 9.32. The van der Waals surface area contributed by atoms with E-state index in [9.17, 15) is 9.59 Å². The first-order chi connectivity index (χ1) is 20.9. The van der Waals surface area contributed by atoms with E-state index in [2.05, 4.69) is 5.32 Å². The maximum absolute atomic E-state index is 13.7. The monoisotopic (exact) mass is 613 g/mol. The van der Waals surface area contributed by atoms with Gasteiger partial charge in [-0.2, -0.15) is 0 Å². The molecule has 0 radical (unpaired) electrons. The molecule has 218 valence electrons. The Labute approximate surface area is 258 Å². The molecule has 0 saturated carbocycles. The molecule has 1 fully saturated rings. The van der Waals surface area contributed by atoms with Crippen LogP contribution in [0.4, 0.5) is 11.4 Å². The molecule has 1 N–H and O–H groups in total. The topological polar surface area (TPSA) is 89.5 Å². The number of nitrogens with zero attached hydrogens (tertiary/aromatic N) is 2. The SMILES string of the molecule is COc1ccc(CN2C(=O)/C(=C/c3cc(Cl)c(OCC(=O)Nc4ccccc4)c(OC)c3)SC2=Nc2ccccc2)cc1. The highest BCUT2D eigenvalue weighted by Crippen LogP contribution is 2.40. The van der Waals surface area contributed by atoms with E-state index in [1.54, 1.807) is 42.4 Å². The maximum Gasteiger partial charge on any atom is 0.267 e. The minimum absolute atomic E-state index is 0.191. The number of thioether (sulfide) groups is 1. The molecule has 4 aromatic carbocycles. The van der Waals surface area contributed by atoms with Gasteiger partial charge in [0.05, 0.1) is 36.4 Å². The van der Waals surface area contributed by atoms with Crippen LogP contribution in [0, 0.1) is 0 Å².